The molecule has 6 nitrogen and oxygen atoms in total. The van der Waals surface area contributed by atoms with E-state index in [9.17, 15) is 9.59 Å². The number of amides is 2. The van der Waals surface area contributed by atoms with Crippen LogP contribution in [0.3, 0.4) is 0 Å². The quantitative estimate of drug-likeness (QED) is 0.794. The first-order chi connectivity index (χ1) is 10.5. The Bertz CT molecular complexity index is 529. The number of nitrogens with zero attached hydrogens (tertiary/aromatic N) is 2. The molecule has 1 aromatic rings. The van der Waals surface area contributed by atoms with Crippen LogP contribution >= 0.6 is 11.6 Å². The van der Waals surface area contributed by atoms with E-state index < -0.39 is 0 Å². The van der Waals surface area contributed by atoms with Gasteiger partial charge in [-0.25, -0.2) is 0 Å². The molecule has 22 heavy (non-hydrogen) atoms. The van der Waals surface area contributed by atoms with Crippen LogP contribution in [0.5, 0.6) is 0 Å². The fraction of sp³-hybridized carbons (Fsp3) is 0.600. The molecule has 1 atom stereocenters. The van der Waals surface area contributed by atoms with E-state index in [1.54, 1.807) is 12.3 Å². The number of halogens is 1. The van der Waals surface area contributed by atoms with Crippen LogP contribution in [0.25, 0.3) is 0 Å². The molecular weight excluding hydrogens is 304 g/mol. The minimum Gasteiger partial charge on any atom is -0.356 e. The molecule has 2 heterocycles. The second kappa shape index (κ2) is 7.65. The van der Waals surface area contributed by atoms with Crippen LogP contribution in [0.15, 0.2) is 12.3 Å². The molecule has 7 heteroatoms. The van der Waals surface area contributed by atoms with Gasteiger partial charge in [0, 0.05) is 38.3 Å². The highest BCUT2D eigenvalue weighted by molar-refractivity contribution is 6.30. The van der Waals surface area contributed by atoms with Crippen molar-refractivity contribution in [2.24, 2.45) is 0 Å². The zero-order valence-electron chi connectivity index (χ0n) is 13.1. The van der Waals surface area contributed by atoms with Crippen molar-refractivity contribution < 1.29 is 9.59 Å². The van der Waals surface area contributed by atoms with E-state index in [1.165, 1.54) is 0 Å². The number of hydrogen-bond acceptors (Lipinski definition) is 3. The minimum absolute atomic E-state index is 0.170. The molecule has 1 fully saturated rings. The number of carbonyl (C=O) groups excluding carboxylic acids is 2. The molecular formula is C15H23ClN4O2. The number of likely N-dealkylation sites (tertiary alicyclic amines) is 1. The monoisotopic (exact) mass is 326 g/mol. The summed E-state index contributed by atoms with van der Waals surface area (Å²) >= 11 is 5.78. The van der Waals surface area contributed by atoms with Crippen molar-refractivity contribution in [2.45, 2.75) is 25.3 Å². The number of carbonyl (C=O) groups is 2. The van der Waals surface area contributed by atoms with Crippen LogP contribution < -0.4 is 5.32 Å². The van der Waals surface area contributed by atoms with Gasteiger partial charge in [-0.15, -0.1) is 0 Å². The van der Waals surface area contributed by atoms with Crippen LogP contribution in [0.1, 0.15) is 29.8 Å². The van der Waals surface area contributed by atoms with Crippen LogP contribution in [0, 0.1) is 0 Å². The Morgan fingerprint density at radius 2 is 2.32 bits per heavy atom. The van der Waals surface area contributed by atoms with E-state index >= 15 is 0 Å². The molecule has 2 N–H and O–H groups in total. The Morgan fingerprint density at radius 1 is 1.55 bits per heavy atom. The molecule has 0 radical (unpaired) electrons. The number of hydrogen-bond donors (Lipinski definition) is 2. The standard InChI is InChI=1S/C15H23ClN4O2/c1-19(2)7-8-20-12(3-4-14(20)21)5-6-17-15(22)13-9-11(16)10-18-13/h9-10,12,18H,3-8H2,1-2H3,(H,17,22)/t12-/m1/s1. The molecule has 1 aliphatic rings. The van der Waals surface area contributed by atoms with Gasteiger partial charge in [0.1, 0.15) is 5.69 Å². The van der Waals surface area contributed by atoms with E-state index in [2.05, 4.69) is 15.2 Å². The molecule has 1 aromatic heterocycles. The number of aromatic nitrogens is 1. The summed E-state index contributed by atoms with van der Waals surface area (Å²) in [4.78, 5) is 30.7. The molecule has 0 aliphatic carbocycles. The van der Waals surface area contributed by atoms with Gasteiger partial charge in [0.05, 0.1) is 5.02 Å². The van der Waals surface area contributed by atoms with E-state index in [4.69, 9.17) is 11.6 Å². The average Bonchev–Trinajstić information content (AvgIpc) is 3.03. The lowest BCUT2D eigenvalue weighted by Gasteiger charge is -2.26. The summed E-state index contributed by atoms with van der Waals surface area (Å²) in [7, 11) is 3.99. The third-order valence-electron chi connectivity index (χ3n) is 3.90. The minimum atomic E-state index is -0.170. The van der Waals surface area contributed by atoms with Gasteiger partial charge >= 0.3 is 0 Å². The maximum absolute atomic E-state index is 11.9. The summed E-state index contributed by atoms with van der Waals surface area (Å²) in [6.45, 7) is 2.15. The van der Waals surface area contributed by atoms with Gasteiger partial charge < -0.3 is 20.1 Å². The second-order valence-electron chi connectivity index (χ2n) is 5.86. The molecule has 1 aliphatic heterocycles. The van der Waals surface area contributed by atoms with Crippen LogP contribution in [0.2, 0.25) is 5.02 Å². The first kappa shape index (κ1) is 16.8. The van der Waals surface area contributed by atoms with Crippen LogP contribution in [-0.2, 0) is 4.79 Å². The first-order valence-electron chi connectivity index (χ1n) is 7.53. The fourth-order valence-corrected chi connectivity index (χ4v) is 2.82. The Morgan fingerprint density at radius 3 is 2.95 bits per heavy atom. The SMILES string of the molecule is CN(C)CCN1C(=O)CC[C@@H]1CCNC(=O)c1cc(Cl)c[nH]1. The van der Waals surface area contributed by atoms with Crippen molar-refractivity contribution in [3.05, 3.63) is 23.0 Å². The predicted molar refractivity (Wildman–Crippen MR) is 86.0 cm³/mol. The van der Waals surface area contributed by atoms with Crippen LogP contribution in [-0.4, -0.2) is 66.4 Å². The third kappa shape index (κ3) is 4.48. The number of nitrogens with one attached hydrogen (secondary N) is 2. The van der Waals surface area contributed by atoms with E-state index in [0.717, 1.165) is 25.9 Å². The molecule has 2 amide bonds. The van der Waals surface area contributed by atoms with Crippen molar-refractivity contribution in [3.8, 4) is 0 Å². The van der Waals surface area contributed by atoms with Gasteiger partial charge in [-0.3, -0.25) is 9.59 Å². The Balaban J connectivity index is 1.77. The highest BCUT2D eigenvalue weighted by Gasteiger charge is 2.30. The molecule has 0 spiro atoms. The number of H-pyrrole nitrogens is 1. The molecule has 1 saturated heterocycles. The Labute approximate surface area is 135 Å². The van der Waals surface area contributed by atoms with E-state index in [-0.39, 0.29) is 17.9 Å². The van der Waals surface area contributed by atoms with Gasteiger partial charge in [-0.05, 0) is 33.0 Å². The number of aromatic amines is 1. The van der Waals surface area contributed by atoms with Crippen molar-refractivity contribution in [1.82, 2.24) is 20.1 Å². The molecule has 0 aromatic carbocycles. The average molecular weight is 327 g/mol. The smallest absolute Gasteiger partial charge is 0.267 e. The zero-order chi connectivity index (χ0) is 16.1. The van der Waals surface area contributed by atoms with Crippen molar-refractivity contribution in [1.29, 1.82) is 0 Å². The topological polar surface area (TPSA) is 68.4 Å². The summed E-state index contributed by atoms with van der Waals surface area (Å²) in [6.07, 6.45) is 3.84. The normalized spacial score (nSPS) is 18.3. The van der Waals surface area contributed by atoms with E-state index in [1.807, 2.05) is 19.0 Å². The lowest BCUT2D eigenvalue weighted by molar-refractivity contribution is -0.129. The van der Waals surface area contributed by atoms with Gasteiger partial charge in [0.25, 0.3) is 5.91 Å². The summed E-state index contributed by atoms with van der Waals surface area (Å²) in [6, 6.07) is 1.82. The van der Waals surface area contributed by atoms with Gasteiger partial charge in [0.15, 0.2) is 0 Å². The molecule has 0 saturated carbocycles. The lowest BCUT2D eigenvalue weighted by Crippen LogP contribution is -2.40. The Hall–Kier alpha value is -1.53. The summed E-state index contributed by atoms with van der Waals surface area (Å²) < 4.78 is 0. The van der Waals surface area contributed by atoms with E-state index in [0.29, 0.717) is 23.7 Å². The maximum atomic E-state index is 11.9. The largest absolute Gasteiger partial charge is 0.356 e. The Kier molecular flexibility index (Phi) is 5.85. The predicted octanol–water partition coefficient (Wildman–Crippen LogP) is 1.34. The molecule has 0 bridgehead atoms. The zero-order valence-corrected chi connectivity index (χ0v) is 13.8. The van der Waals surface area contributed by atoms with Crippen molar-refractivity contribution >= 4 is 23.4 Å². The van der Waals surface area contributed by atoms with Crippen molar-refractivity contribution in [3.63, 3.8) is 0 Å². The maximum Gasteiger partial charge on any atom is 0.267 e. The van der Waals surface area contributed by atoms with Gasteiger partial charge in [0.2, 0.25) is 5.91 Å². The summed E-state index contributed by atoms with van der Waals surface area (Å²) in [5.41, 5.74) is 0.456. The van der Waals surface area contributed by atoms with Crippen LogP contribution in [0.4, 0.5) is 0 Å². The first-order valence-corrected chi connectivity index (χ1v) is 7.91. The lowest BCUT2D eigenvalue weighted by atomic mass is 10.1. The molecule has 122 valence electrons. The van der Waals surface area contributed by atoms with Gasteiger partial charge in [-0.2, -0.15) is 0 Å². The van der Waals surface area contributed by atoms with Gasteiger partial charge in [-0.1, -0.05) is 11.6 Å². The van der Waals surface area contributed by atoms with Crippen molar-refractivity contribution in [2.75, 3.05) is 33.7 Å². The molecule has 2 rings (SSSR count). The molecule has 0 unspecified atom stereocenters. The highest BCUT2D eigenvalue weighted by atomic mass is 35.5. The highest BCUT2D eigenvalue weighted by Crippen LogP contribution is 2.20. The summed E-state index contributed by atoms with van der Waals surface area (Å²) in [5.74, 6) is 0.0467. The fourth-order valence-electron chi connectivity index (χ4n) is 2.65. The number of likely N-dealkylation sites (N-methyl/N-ethyl adjacent to an activating group) is 1. The second-order valence-corrected chi connectivity index (χ2v) is 6.30. The summed E-state index contributed by atoms with van der Waals surface area (Å²) in [5, 5.41) is 3.38. The third-order valence-corrected chi connectivity index (χ3v) is 4.11. The number of rotatable bonds is 7.